The third-order valence-corrected chi connectivity index (χ3v) is 3.08. The Kier molecular flexibility index (Phi) is 3.80. The molecule has 0 bridgehead atoms. The smallest absolute Gasteiger partial charge is 0.231 e. The van der Waals surface area contributed by atoms with Gasteiger partial charge in [-0.15, -0.1) is 0 Å². The van der Waals surface area contributed by atoms with Gasteiger partial charge in [0, 0.05) is 12.4 Å². The summed E-state index contributed by atoms with van der Waals surface area (Å²) in [4.78, 5) is 16.2. The third-order valence-electron chi connectivity index (χ3n) is 3.08. The lowest BCUT2D eigenvalue weighted by Gasteiger charge is -2.14. The molecule has 4 nitrogen and oxygen atoms in total. The van der Waals surface area contributed by atoms with Crippen molar-refractivity contribution in [2.24, 2.45) is 0 Å². The zero-order valence-electron chi connectivity index (χ0n) is 10.9. The molecule has 0 saturated carbocycles. The first-order chi connectivity index (χ1) is 9.09. The number of anilines is 1. The molecule has 1 atom stereocenters. The van der Waals surface area contributed by atoms with E-state index >= 15 is 0 Å². The number of benzene rings is 1. The van der Waals surface area contributed by atoms with Gasteiger partial charge in [-0.1, -0.05) is 18.2 Å². The van der Waals surface area contributed by atoms with Crippen molar-refractivity contribution in [2.45, 2.75) is 19.8 Å². The van der Waals surface area contributed by atoms with E-state index in [-0.39, 0.29) is 17.6 Å². The maximum absolute atomic E-state index is 12.2. The van der Waals surface area contributed by atoms with E-state index < -0.39 is 0 Å². The Hall–Kier alpha value is -2.36. The lowest BCUT2D eigenvalue weighted by molar-refractivity contribution is -0.117. The van der Waals surface area contributed by atoms with Crippen LogP contribution in [0.1, 0.15) is 24.0 Å². The Bertz CT molecular complexity index is 562. The van der Waals surface area contributed by atoms with Gasteiger partial charge in [0.15, 0.2) is 0 Å². The van der Waals surface area contributed by atoms with E-state index in [1.807, 2.05) is 26.0 Å². The predicted octanol–water partition coefficient (Wildman–Crippen LogP) is 2.84. The van der Waals surface area contributed by atoms with Crippen molar-refractivity contribution >= 4 is 11.6 Å². The molecule has 98 valence electrons. The van der Waals surface area contributed by atoms with Gasteiger partial charge in [0.1, 0.15) is 5.75 Å². The number of pyridine rings is 1. The summed E-state index contributed by atoms with van der Waals surface area (Å²) in [5.41, 5.74) is 2.13. The molecule has 0 radical (unpaired) electrons. The van der Waals surface area contributed by atoms with Gasteiger partial charge in [0.25, 0.3) is 0 Å². The number of nitrogens with one attached hydrogen (secondary N) is 1. The minimum Gasteiger partial charge on any atom is -0.506 e. The van der Waals surface area contributed by atoms with Gasteiger partial charge >= 0.3 is 0 Å². The summed E-state index contributed by atoms with van der Waals surface area (Å²) in [5.74, 6) is -0.419. The van der Waals surface area contributed by atoms with E-state index in [9.17, 15) is 9.90 Å². The Balaban J connectivity index is 2.18. The number of amides is 1. The van der Waals surface area contributed by atoms with Gasteiger partial charge in [0.2, 0.25) is 5.91 Å². The highest BCUT2D eigenvalue weighted by Crippen LogP contribution is 2.27. The van der Waals surface area contributed by atoms with Crippen molar-refractivity contribution in [3.63, 3.8) is 0 Å². The summed E-state index contributed by atoms with van der Waals surface area (Å²) in [5, 5.41) is 12.5. The van der Waals surface area contributed by atoms with Crippen LogP contribution in [0.3, 0.4) is 0 Å². The van der Waals surface area contributed by atoms with E-state index in [1.54, 1.807) is 30.6 Å². The van der Waals surface area contributed by atoms with Crippen LogP contribution in [0, 0.1) is 6.92 Å². The molecule has 2 N–H and O–H groups in total. The van der Waals surface area contributed by atoms with Crippen molar-refractivity contribution in [1.29, 1.82) is 0 Å². The number of rotatable bonds is 3. The Labute approximate surface area is 112 Å². The Morgan fingerprint density at radius 2 is 2.11 bits per heavy atom. The van der Waals surface area contributed by atoms with Crippen LogP contribution in [0.5, 0.6) is 5.75 Å². The van der Waals surface area contributed by atoms with Gasteiger partial charge in [-0.05, 0) is 37.1 Å². The van der Waals surface area contributed by atoms with E-state index in [0.717, 1.165) is 11.1 Å². The van der Waals surface area contributed by atoms with E-state index in [2.05, 4.69) is 10.3 Å². The molecular formula is C15H16N2O2. The maximum atomic E-state index is 12.2. The molecule has 0 aliphatic carbocycles. The van der Waals surface area contributed by atoms with Gasteiger partial charge in [-0.2, -0.15) is 0 Å². The number of hydrogen-bond donors (Lipinski definition) is 2. The fraction of sp³-hybridized carbons (Fsp3) is 0.200. The van der Waals surface area contributed by atoms with Crippen LogP contribution >= 0.6 is 0 Å². The van der Waals surface area contributed by atoms with Crippen LogP contribution in [0.15, 0.2) is 42.7 Å². The molecule has 1 unspecified atom stereocenters. The SMILES string of the molecule is Cc1cccc(O)c1NC(=O)C(C)c1cccnc1. The van der Waals surface area contributed by atoms with Crippen LogP contribution in [-0.2, 0) is 4.79 Å². The zero-order valence-corrected chi connectivity index (χ0v) is 10.9. The van der Waals surface area contributed by atoms with Crippen molar-refractivity contribution in [1.82, 2.24) is 4.98 Å². The van der Waals surface area contributed by atoms with Crippen molar-refractivity contribution < 1.29 is 9.90 Å². The van der Waals surface area contributed by atoms with Crippen LogP contribution in [0.4, 0.5) is 5.69 Å². The number of aromatic nitrogens is 1. The second kappa shape index (κ2) is 5.52. The number of carbonyl (C=O) groups excluding carboxylic acids is 1. The summed E-state index contributed by atoms with van der Waals surface area (Å²) in [6, 6.07) is 8.78. The second-order valence-corrected chi connectivity index (χ2v) is 4.47. The molecular weight excluding hydrogens is 240 g/mol. The number of hydrogen-bond acceptors (Lipinski definition) is 3. The minimum absolute atomic E-state index is 0.0757. The highest BCUT2D eigenvalue weighted by atomic mass is 16.3. The first-order valence-corrected chi connectivity index (χ1v) is 6.09. The van der Waals surface area contributed by atoms with Gasteiger partial charge in [-0.3, -0.25) is 9.78 Å². The monoisotopic (exact) mass is 256 g/mol. The number of phenols is 1. The molecule has 1 amide bonds. The van der Waals surface area contributed by atoms with Gasteiger partial charge in [-0.25, -0.2) is 0 Å². The highest BCUT2D eigenvalue weighted by Gasteiger charge is 2.17. The molecule has 0 aliphatic rings. The third kappa shape index (κ3) is 2.91. The van der Waals surface area contributed by atoms with Crippen molar-refractivity contribution in [3.8, 4) is 5.75 Å². The quantitative estimate of drug-likeness (QED) is 0.830. The fourth-order valence-electron chi connectivity index (χ4n) is 1.83. The van der Waals surface area contributed by atoms with E-state index in [0.29, 0.717) is 5.69 Å². The molecule has 0 fully saturated rings. The molecule has 0 spiro atoms. The van der Waals surface area contributed by atoms with Crippen LogP contribution in [0.25, 0.3) is 0 Å². The molecule has 19 heavy (non-hydrogen) atoms. The summed E-state index contributed by atoms with van der Waals surface area (Å²) in [6.45, 7) is 3.64. The molecule has 0 saturated heterocycles. The minimum atomic E-state index is -0.326. The van der Waals surface area contributed by atoms with Gasteiger partial charge < -0.3 is 10.4 Å². The standard InChI is InChI=1S/C15H16N2O2/c1-10-5-3-7-13(18)14(10)17-15(19)11(2)12-6-4-8-16-9-12/h3-9,11,18H,1-2H3,(H,17,19). The molecule has 1 aromatic carbocycles. The number of aryl methyl sites for hydroxylation is 1. The predicted molar refractivity (Wildman–Crippen MR) is 74.1 cm³/mol. The molecule has 1 heterocycles. The average molecular weight is 256 g/mol. The summed E-state index contributed by atoms with van der Waals surface area (Å²) >= 11 is 0. The molecule has 2 rings (SSSR count). The number of para-hydroxylation sites is 1. The van der Waals surface area contributed by atoms with Crippen LogP contribution in [0.2, 0.25) is 0 Å². The van der Waals surface area contributed by atoms with Crippen LogP contribution < -0.4 is 5.32 Å². The number of carbonyl (C=O) groups is 1. The lowest BCUT2D eigenvalue weighted by Crippen LogP contribution is -2.19. The maximum Gasteiger partial charge on any atom is 0.231 e. The summed E-state index contributed by atoms with van der Waals surface area (Å²) in [7, 11) is 0. The van der Waals surface area contributed by atoms with Crippen molar-refractivity contribution in [2.75, 3.05) is 5.32 Å². The van der Waals surface area contributed by atoms with E-state index in [4.69, 9.17) is 0 Å². The lowest BCUT2D eigenvalue weighted by atomic mass is 10.0. The number of nitrogens with zero attached hydrogens (tertiary/aromatic N) is 1. The van der Waals surface area contributed by atoms with E-state index in [1.165, 1.54) is 0 Å². The number of phenolic OH excluding ortho intramolecular Hbond substituents is 1. The zero-order chi connectivity index (χ0) is 13.8. The topological polar surface area (TPSA) is 62.2 Å². The fourth-order valence-corrected chi connectivity index (χ4v) is 1.83. The summed E-state index contributed by atoms with van der Waals surface area (Å²) < 4.78 is 0. The summed E-state index contributed by atoms with van der Waals surface area (Å²) in [6.07, 6.45) is 3.34. The first kappa shape index (κ1) is 13.1. The second-order valence-electron chi connectivity index (χ2n) is 4.47. The first-order valence-electron chi connectivity index (χ1n) is 6.09. The van der Waals surface area contributed by atoms with Crippen LogP contribution in [-0.4, -0.2) is 16.0 Å². The highest BCUT2D eigenvalue weighted by molar-refractivity contribution is 5.97. The van der Waals surface area contributed by atoms with Gasteiger partial charge in [0.05, 0.1) is 11.6 Å². The molecule has 1 aromatic heterocycles. The van der Waals surface area contributed by atoms with Crippen molar-refractivity contribution in [3.05, 3.63) is 53.9 Å². The molecule has 4 heteroatoms. The number of aromatic hydroxyl groups is 1. The largest absolute Gasteiger partial charge is 0.506 e. The average Bonchev–Trinajstić information content (AvgIpc) is 2.43. The normalized spacial score (nSPS) is 11.9. The molecule has 2 aromatic rings. The Morgan fingerprint density at radius 1 is 1.32 bits per heavy atom. The molecule has 0 aliphatic heterocycles. The Morgan fingerprint density at radius 3 is 2.74 bits per heavy atom.